The first kappa shape index (κ1) is 21.3. The van der Waals surface area contributed by atoms with Gasteiger partial charge in [-0.15, -0.1) is 0 Å². The van der Waals surface area contributed by atoms with Crippen molar-refractivity contribution in [1.29, 1.82) is 0 Å². The Morgan fingerprint density at radius 3 is 2.29 bits per heavy atom. The largest absolute Gasteiger partial charge is 0.748 e. The van der Waals surface area contributed by atoms with Gasteiger partial charge in [0.05, 0.1) is 17.4 Å². The average molecular weight is 416 g/mol. The van der Waals surface area contributed by atoms with Gasteiger partial charge in [-0.2, -0.15) is 13.2 Å². The molecule has 0 amide bonds. The van der Waals surface area contributed by atoms with Crippen molar-refractivity contribution in [2.45, 2.75) is 51.0 Å². The Morgan fingerprint density at radius 2 is 1.79 bits per heavy atom. The Morgan fingerprint density at radius 1 is 1.25 bits per heavy atom. The van der Waals surface area contributed by atoms with Crippen molar-refractivity contribution >= 4 is 17.9 Å². The fourth-order valence-electron chi connectivity index (χ4n) is 5.27. The zero-order valence-electron chi connectivity index (χ0n) is 15.8. The summed E-state index contributed by atoms with van der Waals surface area (Å²) in [5.74, 6) is 1.82. The van der Waals surface area contributed by atoms with Crippen LogP contribution in [0.25, 0.3) is 0 Å². The molecule has 0 radical (unpaired) electrons. The van der Waals surface area contributed by atoms with Gasteiger partial charge in [-0.05, 0) is 74.9 Å². The molecule has 28 heavy (non-hydrogen) atoms. The van der Waals surface area contributed by atoms with Crippen LogP contribution in [0.4, 0.5) is 13.2 Å². The maximum Gasteiger partial charge on any atom is 0.460 e. The maximum absolute atomic E-state index is 12.7. The number of carbonyl (C=O) groups excluding carboxylic acids is 1. The molecule has 156 valence electrons. The Balaban J connectivity index is 1.47. The molecule has 0 spiro atoms. The van der Waals surface area contributed by atoms with Crippen LogP contribution in [0.5, 0.6) is 0 Å². The van der Waals surface area contributed by atoms with Crippen LogP contribution in [-0.4, -0.2) is 22.6 Å². The molecule has 0 aromatic rings. The zero-order chi connectivity index (χ0) is 20.5. The van der Waals surface area contributed by atoms with E-state index in [2.05, 4.69) is 6.58 Å². The molecule has 4 fully saturated rings. The van der Waals surface area contributed by atoms with E-state index in [1.165, 1.54) is 44.4 Å². The fourth-order valence-corrected chi connectivity index (χ4v) is 5.66. The molecular weight excluding hydrogens is 391 g/mol. The van der Waals surface area contributed by atoms with Crippen LogP contribution in [0.15, 0.2) is 36.1 Å². The highest BCUT2D eigenvalue weighted by molar-refractivity contribution is 7.98. The van der Waals surface area contributed by atoms with Crippen LogP contribution in [-0.2, 0) is 9.53 Å². The molecule has 0 unspecified atom stereocenters. The van der Waals surface area contributed by atoms with Crippen LogP contribution >= 0.6 is 11.9 Å². The normalized spacial score (nSPS) is 32.0. The zero-order valence-corrected chi connectivity index (χ0v) is 16.7. The highest BCUT2D eigenvalue weighted by Gasteiger charge is 2.55. The quantitative estimate of drug-likeness (QED) is 0.230. The Bertz CT molecular complexity index is 651. The third-order valence-electron chi connectivity index (χ3n) is 6.00. The first-order chi connectivity index (χ1) is 13.1. The van der Waals surface area contributed by atoms with Gasteiger partial charge in [-0.25, -0.2) is 0 Å². The van der Waals surface area contributed by atoms with Gasteiger partial charge in [0, 0.05) is 5.70 Å². The van der Waals surface area contributed by atoms with Gasteiger partial charge in [0.1, 0.15) is 6.61 Å². The molecule has 8 heteroatoms. The molecule has 0 saturated heterocycles. The van der Waals surface area contributed by atoms with Crippen molar-refractivity contribution in [1.82, 2.24) is 4.47 Å². The van der Waals surface area contributed by atoms with E-state index >= 15 is 0 Å². The Hall–Kier alpha value is -1.41. The van der Waals surface area contributed by atoms with Gasteiger partial charge < -0.3 is 14.4 Å². The predicted octanol–water partition coefficient (Wildman–Crippen LogP) is 5.73. The van der Waals surface area contributed by atoms with E-state index in [1.807, 2.05) is 0 Å². The third-order valence-corrected chi connectivity index (χ3v) is 6.66. The predicted molar refractivity (Wildman–Crippen MR) is 102 cm³/mol. The number of esters is 1. The lowest BCUT2D eigenvalue weighted by atomic mass is 9.49. The minimum atomic E-state index is -4.63. The number of allylic oxidation sites excluding steroid dienone is 3. The first-order valence-corrected chi connectivity index (χ1v) is 10.3. The molecule has 4 rings (SSSR count). The molecule has 4 saturated carbocycles. The molecule has 0 aromatic heterocycles. The van der Waals surface area contributed by atoms with Gasteiger partial charge in [0.15, 0.2) is 0 Å². The van der Waals surface area contributed by atoms with E-state index < -0.39 is 17.5 Å². The number of nitrogens with zero attached hydrogens (tertiary/aromatic N) is 1. The standard InChI is InChI=1S/C20H25F3NO3S/c1-13(4-3-5-14(2)24(26)28-20(21,22)23)12-27-18(25)19-9-15-6-16(10-19)8-17(7-15)11-19/h3-5,15-17H,1,6-12H2,2H3/q-1/b4-3-,14-5+. The Kier molecular flexibility index (Phi) is 6.20. The van der Waals surface area contributed by atoms with E-state index in [0.717, 1.165) is 19.3 Å². The minimum absolute atomic E-state index is 0.0440. The smallest absolute Gasteiger partial charge is 0.460 e. The van der Waals surface area contributed by atoms with Gasteiger partial charge >= 0.3 is 11.5 Å². The van der Waals surface area contributed by atoms with Crippen molar-refractivity contribution < 1.29 is 22.7 Å². The third kappa shape index (κ3) is 5.14. The monoisotopic (exact) mass is 416 g/mol. The maximum atomic E-state index is 12.7. The van der Waals surface area contributed by atoms with E-state index in [-0.39, 0.29) is 28.2 Å². The summed E-state index contributed by atoms with van der Waals surface area (Å²) in [5.41, 5.74) is -4.54. The summed E-state index contributed by atoms with van der Waals surface area (Å²) in [6.07, 6.45) is 10.7. The van der Waals surface area contributed by atoms with Crippen molar-refractivity contribution in [3.8, 4) is 0 Å². The lowest BCUT2D eigenvalue weighted by molar-refractivity contribution is -0.170. The highest BCUT2D eigenvalue weighted by atomic mass is 32.2. The highest BCUT2D eigenvalue weighted by Crippen LogP contribution is 2.60. The SMILES string of the molecule is C=C(/C=C\C=C(/C)N([O-])SC(F)(F)F)COC(=O)C12CC3CC(CC(C3)C1)C2. The number of hydrogen-bond donors (Lipinski definition) is 0. The number of hydroxylamine groups is 1. The number of rotatable bonds is 7. The summed E-state index contributed by atoms with van der Waals surface area (Å²) in [6, 6.07) is 0. The van der Waals surface area contributed by atoms with Crippen LogP contribution in [0, 0.1) is 28.4 Å². The summed E-state index contributed by atoms with van der Waals surface area (Å²) in [7, 11) is 0. The molecule has 0 atom stereocenters. The first-order valence-electron chi connectivity index (χ1n) is 9.49. The molecule has 0 aromatic carbocycles. The van der Waals surface area contributed by atoms with Crippen LogP contribution in [0.2, 0.25) is 0 Å². The number of ether oxygens (including phenoxy) is 1. The second-order valence-corrected chi connectivity index (χ2v) is 9.37. The van der Waals surface area contributed by atoms with Crippen molar-refractivity contribution in [2.75, 3.05) is 6.61 Å². The summed E-state index contributed by atoms with van der Waals surface area (Å²) in [6.45, 7) is 5.13. The lowest BCUT2D eigenvalue weighted by Gasteiger charge is -2.55. The van der Waals surface area contributed by atoms with Gasteiger partial charge in [0.2, 0.25) is 0 Å². The minimum Gasteiger partial charge on any atom is -0.748 e. The molecule has 4 nitrogen and oxygen atoms in total. The number of alkyl halides is 3. The molecular formula is C20H25F3NO3S-. The van der Waals surface area contributed by atoms with E-state index in [4.69, 9.17) is 4.74 Å². The van der Waals surface area contributed by atoms with E-state index in [1.54, 1.807) is 0 Å². The van der Waals surface area contributed by atoms with Crippen molar-refractivity contribution in [2.24, 2.45) is 23.2 Å². The van der Waals surface area contributed by atoms with Crippen LogP contribution in [0.1, 0.15) is 45.4 Å². The summed E-state index contributed by atoms with van der Waals surface area (Å²) < 4.78 is 41.9. The fraction of sp³-hybridized carbons (Fsp3) is 0.650. The van der Waals surface area contributed by atoms with Crippen LogP contribution in [0.3, 0.4) is 0 Å². The molecule has 4 bridgehead atoms. The number of hydrogen-bond acceptors (Lipinski definition) is 5. The van der Waals surface area contributed by atoms with Gasteiger partial charge in [0.25, 0.3) is 0 Å². The van der Waals surface area contributed by atoms with Gasteiger partial charge in [-0.1, -0.05) is 18.7 Å². The topological polar surface area (TPSA) is 52.6 Å². The second-order valence-electron chi connectivity index (χ2n) is 8.39. The van der Waals surface area contributed by atoms with Crippen LogP contribution < -0.4 is 0 Å². The number of halogens is 3. The summed E-state index contributed by atoms with van der Waals surface area (Å²) in [4.78, 5) is 12.7. The van der Waals surface area contributed by atoms with E-state index in [0.29, 0.717) is 23.3 Å². The molecule has 4 aliphatic carbocycles. The summed E-state index contributed by atoms with van der Waals surface area (Å²) in [5, 5.41) is 11.3. The lowest BCUT2D eigenvalue weighted by Crippen LogP contribution is -2.50. The number of carbonyl (C=O) groups is 1. The summed E-state index contributed by atoms with van der Waals surface area (Å²) >= 11 is -0.751. The molecule has 0 aliphatic heterocycles. The van der Waals surface area contributed by atoms with Gasteiger partial charge in [-0.3, -0.25) is 4.79 Å². The molecule has 0 heterocycles. The molecule has 4 aliphatic rings. The van der Waals surface area contributed by atoms with Crippen molar-refractivity contribution in [3.05, 3.63) is 41.3 Å². The van der Waals surface area contributed by atoms with E-state index in [9.17, 15) is 23.2 Å². The molecule has 0 N–H and O–H groups in total. The average Bonchev–Trinajstić information content (AvgIpc) is 2.56. The second kappa shape index (κ2) is 8.14. The van der Waals surface area contributed by atoms with Crippen molar-refractivity contribution in [3.63, 3.8) is 0 Å². The Labute approximate surface area is 167 Å².